The number of ether oxygens (including phenoxy) is 1. The Morgan fingerprint density at radius 1 is 0.884 bits per heavy atom. The van der Waals surface area contributed by atoms with E-state index < -0.39 is 28.5 Å². The molecule has 0 fully saturated rings. The lowest BCUT2D eigenvalue weighted by molar-refractivity contribution is -0.140. The Kier molecular flexibility index (Phi) is 10.8. The van der Waals surface area contributed by atoms with Crippen LogP contribution in [0.2, 0.25) is 0 Å². The number of hydrogen-bond donors (Lipinski definition) is 1. The van der Waals surface area contributed by atoms with Crippen LogP contribution in [0.25, 0.3) is 10.8 Å². The van der Waals surface area contributed by atoms with Crippen molar-refractivity contribution < 1.29 is 22.7 Å². The van der Waals surface area contributed by atoms with E-state index in [-0.39, 0.29) is 18.9 Å². The van der Waals surface area contributed by atoms with E-state index in [1.54, 1.807) is 25.3 Å². The molecule has 0 bridgehead atoms. The molecule has 4 aromatic rings. The van der Waals surface area contributed by atoms with Crippen LogP contribution in [0.1, 0.15) is 30.9 Å². The second kappa shape index (κ2) is 14.7. The van der Waals surface area contributed by atoms with Crippen LogP contribution < -0.4 is 14.4 Å². The van der Waals surface area contributed by atoms with Crippen LogP contribution in [0.5, 0.6) is 5.75 Å². The SMILES string of the molecule is CCCCNC(=O)[C@H](Cc1ccccc1)N(Cc1cccc(OC)c1)C(=O)CN(c1cccc2ccccc12)S(C)(=O)=O. The summed E-state index contributed by atoms with van der Waals surface area (Å²) in [6.45, 7) is 2.14. The lowest BCUT2D eigenvalue weighted by Crippen LogP contribution is -2.53. The zero-order valence-corrected chi connectivity index (χ0v) is 25.7. The van der Waals surface area contributed by atoms with Crippen LogP contribution in [0.15, 0.2) is 97.1 Å². The van der Waals surface area contributed by atoms with Gasteiger partial charge >= 0.3 is 0 Å². The minimum absolute atomic E-state index is 0.0852. The Balaban J connectivity index is 1.77. The molecular weight excluding hydrogens is 562 g/mol. The van der Waals surface area contributed by atoms with Crippen molar-refractivity contribution in [1.82, 2.24) is 10.2 Å². The molecule has 0 unspecified atom stereocenters. The van der Waals surface area contributed by atoms with Crippen molar-refractivity contribution in [2.75, 3.05) is 30.8 Å². The van der Waals surface area contributed by atoms with E-state index in [2.05, 4.69) is 5.32 Å². The summed E-state index contributed by atoms with van der Waals surface area (Å²) < 4.78 is 32.9. The second-order valence-electron chi connectivity index (χ2n) is 10.5. The van der Waals surface area contributed by atoms with Gasteiger partial charge in [-0.2, -0.15) is 0 Å². The average Bonchev–Trinajstić information content (AvgIpc) is 3.01. The molecule has 9 heteroatoms. The number of carbonyl (C=O) groups is 2. The fraction of sp³-hybridized carbons (Fsp3) is 0.294. The predicted octanol–water partition coefficient (Wildman–Crippen LogP) is 5.17. The molecule has 226 valence electrons. The molecule has 0 aliphatic carbocycles. The van der Waals surface area contributed by atoms with E-state index in [1.807, 2.05) is 85.8 Å². The number of benzene rings is 4. The molecule has 0 saturated carbocycles. The third kappa shape index (κ3) is 8.35. The Hall–Kier alpha value is -4.37. The summed E-state index contributed by atoms with van der Waals surface area (Å²) in [5.74, 6) is -0.164. The number of amides is 2. The molecule has 0 saturated heterocycles. The predicted molar refractivity (Wildman–Crippen MR) is 172 cm³/mol. The second-order valence-corrected chi connectivity index (χ2v) is 12.4. The van der Waals surface area contributed by atoms with Crippen LogP contribution in [-0.2, 0) is 32.6 Å². The number of nitrogens with zero attached hydrogens (tertiary/aromatic N) is 2. The van der Waals surface area contributed by atoms with Gasteiger partial charge in [-0.25, -0.2) is 8.42 Å². The minimum Gasteiger partial charge on any atom is -0.497 e. The van der Waals surface area contributed by atoms with Gasteiger partial charge in [-0.3, -0.25) is 13.9 Å². The van der Waals surface area contributed by atoms with Crippen molar-refractivity contribution in [3.05, 3.63) is 108 Å². The number of carbonyl (C=O) groups excluding carboxylic acids is 2. The fourth-order valence-corrected chi connectivity index (χ4v) is 5.91. The first kappa shape index (κ1) is 31.6. The zero-order chi connectivity index (χ0) is 30.8. The van der Waals surface area contributed by atoms with Gasteiger partial charge in [0.05, 0.1) is 19.1 Å². The molecular formula is C34H39N3O5S. The molecule has 8 nitrogen and oxygen atoms in total. The smallest absolute Gasteiger partial charge is 0.244 e. The third-order valence-electron chi connectivity index (χ3n) is 7.30. The maximum atomic E-state index is 14.3. The standard InChI is InChI=1S/C34H39N3O5S/c1-4-5-21-35-34(39)32(23-26-13-7-6-8-14-26)36(24-27-15-11-18-29(22-27)42-2)33(38)25-37(43(3,40)41)31-20-12-17-28-16-9-10-19-30(28)31/h6-20,22,32H,4-5,21,23-25H2,1-3H3,(H,35,39)/t32-/m0/s1. The molecule has 43 heavy (non-hydrogen) atoms. The Morgan fingerprint density at radius 3 is 2.28 bits per heavy atom. The van der Waals surface area contributed by atoms with Gasteiger partial charge in [-0.05, 0) is 41.1 Å². The molecule has 0 aromatic heterocycles. The van der Waals surface area contributed by atoms with Gasteiger partial charge in [-0.1, -0.05) is 92.2 Å². The largest absolute Gasteiger partial charge is 0.497 e. The van der Waals surface area contributed by atoms with Gasteiger partial charge in [0.25, 0.3) is 0 Å². The molecule has 0 aliphatic rings. The number of unbranched alkanes of at least 4 members (excludes halogenated alkanes) is 1. The first-order valence-corrected chi connectivity index (χ1v) is 16.3. The number of rotatable bonds is 14. The Morgan fingerprint density at radius 2 is 1.56 bits per heavy atom. The number of methoxy groups -OCH3 is 1. The molecule has 4 aromatic carbocycles. The minimum atomic E-state index is -3.88. The van der Waals surface area contributed by atoms with Crippen LogP contribution in [-0.4, -0.2) is 57.6 Å². The number of nitrogens with one attached hydrogen (secondary N) is 1. The lowest BCUT2D eigenvalue weighted by Gasteiger charge is -2.33. The van der Waals surface area contributed by atoms with Crippen LogP contribution >= 0.6 is 0 Å². The topological polar surface area (TPSA) is 96.0 Å². The quantitative estimate of drug-likeness (QED) is 0.201. The lowest BCUT2D eigenvalue weighted by atomic mass is 10.0. The van der Waals surface area contributed by atoms with Gasteiger partial charge in [0.1, 0.15) is 18.3 Å². The summed E-state index contributed by atoms with van der Waals surface area (Å²) in [6, 6.07) is 28.7. The van der Waals surface area contributed by atoms with Crippen molar-refractivity contribution >= 4 is 38.3 Å². The number of fused-ring (bicyclic) bond motifs is 1. The zero-order valence-electron chi connectivity index (χ0n) is 24.9. The van der Waals surface area contributed by atoms with E-state index in [1.165, 1.54) is 4.90 Å². The monoisotopic (exact) mass is 601 g/mol. The highest BCUT2D eigenvalue weighted by Crippen LogP contribution is 2.29. The number of hydrogen-bond acceptors (Lipinski definition) is 5. The maximum Gasteiger partial charge on any atom is 0.244 e. The van der Waals surface area contributed by atoms with Crippen molar-refractivity contribution in [2.24, 2.45) is 0 Å². The first-order valence-electron chi connectivity index (χ1n) is 14.4. The van der Waals surface area contributed by atoms with Crippen LogP contribution in [0, 0.1) is 0 Å². The van der Waals surface area contributed by atoms with Gasteiger partial charge in [-0.15, -0.1) is 0 Å². The highest BCUT2D eigenvalue weighted by atomic mass is 32.2. The summed E-state index contributed by atoms with van der Waals surface area (Å²) >= 11 is 0. The highest BCUT2D eigenvalue weighted by molar-refractivity contribution is 7.92. The summed E-state index contributed by atoms with van der Waals surface area (Å²) in [5.41, 5.74) is 2.04. The van der Waals surface area contributed by atoms with Crippen molar-refractivity contribution in [2.45, 2.75) is 38.8 Å². The summed E-state index contributed by atoms with van der Waals surface area (Å²) in [6.07, 6.45) is 3.07. The van der Waals surface area contributed by atoms with Gasteiger partial charge in [0, 0.05) is 24.9 Å². The molecule has 1 N–H and O–H groups in total. The van der Waals surface area contributed by atoms with Crippen molar-refractivity contribution in [3.63, 3.8) is 0 Å². The highest BCUT2D eigenvalue weighted by Gasteiger charge is 2.33. The average molecular weight is 602 g/mol. The van der Waals surface area contributed by atoms with Crippen LogP contribution in [0.4, 0.5) is 5.69 Å². The van der Waals surface area contributed by atoms with E-state index in [4.69, 9.17) is 4.74 Å². The normalized spacial score (nSPS) is 12.0. The molecule has 0 spiro atoms. The van der Waals surface area contributed by atoms with E-state index in [9.17, 15) is 18.0 Å². The molecule has 4 rings (SSSR count). The van der Waals surface area contributed by atoms with Crippen molar-refractivity contribution in [3.8, 4) is 5.75 Å². The molecule has 1 atom stereocenters. The van der Waals surface area contributed by atoms with Gasteiger partial charge in [0.2, 0.25) is 21.8 Å². The van der Waals surface area contributed by atoms with Crippen LogP contribution in [0.3, 0.4) is 0 Å². The van der Waals surface area contributed by atoms with Gasteiger partial charge in [0.15, 0.2) is 0 Å². The Labute approximate surface area is 254 Å². The van der Waals surface area contributed by atoms with Gasteiger partial charge < -0.3 is 15.0 Å². The summed E-state index contributed by atoms with van der Waals surface area (Å²) in [5, 5.41) is 4.56. The molecule has 2 amide bonds. The fourth-order valence-electron chi connectivity index (χ4n) is 5.05. The molecule has 0 heterocycles. The summed E-state index contributed by atoms with van der Waals surface area (Å²) in [7, 11) is -2.31. The van der Waals surface area contributed by atoms with E-state index in [0.717, 1.165) is 39.9 Å². The molecule has 0 radical (unpaired) electrons. The summed E-state index contributed by atoms with van der Waals surface area (Å²) in [4.78, 5) is 29.6. The first-order chi connectivity index (χ1) is 20.7. The maximum absolute atomic E-state index is 14.3. The van der Waals surface area contributed by atoms with E-state index in [0.29, 0.717) is 23.4 Å². The number of anilines is 1. The molecule has 0 aliphatic heterocycles. The van der Waals surface area contributed by atoms with Crippen molar-refractivity contribution in [1.29, 1.82) is 0 Å². The van der Waals surface area contributed by atoms with E-state index >= 15 is 0 Å². The third-order valence-corrected chi connectivity index (χ3v) is 8.43. The Bertz CT molecular complexity index is 1640. The number of sulfonamides is 1.